The molecule has 2 aromatic rings. The van der Waals surface area contributed by atoms with Gasteiger partial charge in [0, 0.05) is 23.5 Å². The molecule has 0 atom stereocenters. The first-order valence-electron chi connectivity index (χ1n) is 9.76. The van der Waals surface area contributed by atoms with Gasteiger partial charge in [-0.25, -0.2) is 0 Å². The smallest absolute Gasteiger partial charge is 0.311 e. The van der Waals surface area contributed by atoms with Crippen LogP contribution in [0.25, 0.3) is 0 Å². The van der Waals surface area contributed by atoms with Crippen LogP contribution < -0.4 is 24.6 Å². The van der Waals surface area contributed by atoms with E-state index in [0.29, 0.717) is 17.8 Å². The van der Waals surface area contributed by atoms with Crippen LogP contribution in [-0.2, 0) is 4.79 Å². The summed E-state index contributed by atoms with van der Waals surface area (Å²) < 4.78 is 10.3. The van der Waals surface area contributed by atoms with Crippen LogP contribution in [-0.4, -0.2) is 57.8 Å². The highest BCUT2D eigenvalue weighted by molar-refractivity contribution is 5.92. The number of amides is 1. The third kappa shape index (κ3) is 4.98. The van der Waals surface area contributed by atoms with Crippen molar-refractivity contribution in [1.29, 1.82) is 0 Å². The Balaban J connectivity index is 1.55. The van der Waals surface area contributed by atoms with Gasteiger partial charge in [0.25, 0.3) is 5.91 Å². The molecule has 1 fully saturated rings. The number of benzene rings is 2. The van der Waals surface area contributed by atoms with Crippen LogP contribution >= 0.6 is 0 Å². The molecular formula is C21H27N4O5+. The Labute approximate surface area is 175 Å². The van der Waals surface area contributed by atoms with E-state index < -0.39 is 4.92 Å². The van der Waals surface area contributed by atoms with Crippen LogP contribution in [0.2, 0.25) is 0 Å². The molecular weight excluding hydrogens is 388 g/mol. The summed E-state index contributed by atoms with van der Waals surface area (Å²) in [5.74, 6) is 0.834. The molecule has 0 bridgehead atoms. The van der Waals surface area contributed by atoms with E-state index in [1.165, 1.54) is 24.1 Å². The lowest BCUT2D eigenvalue weighted by Gasteiger charge is -2.33. The number of nitro benzene ring substituents is 1. The average molecular weight is 415 g/mol. The van der Waals surface area contributed by atoms with Gasteiger partial charge >= 0.3 is 5.69 Å². The number of nitro groups is 1. The summed E-state index contributed by atoms with van der Waals surface area (Å²) in [5.41, 5.74) is 2.18. The summed E-state index contributed by atoms with van der Waals surface area (Å²) in [6, 6.07) is 10.9. The van der Waals surface area contributed by atoms with Crippen molar-refractivity contribution in [3.63, 3.8) is 0 Å². The van der Waals surface area contributed by atoms with Crippen LogP contribution in [0.5, 0.6) is 11.5 Å². The number of hydrogen-bond acceptors (Lipinski definition) is 6. The van der Waals surface area contributed by atoms with E-state index in [0.717, 1.165) is 37.6 Å². The van der Waals surface area contributed by atoms with Gasteiger partial charge in [-0.3, -0.25) is 14.9 Å². The highest BCUT2D eigenvalue weighted by Crippen LogP contribution is 2.32. The molecule has 0 radical (unpaired) electrons. The van der Waals surface area contributed by atoms with Crippen molar-refractivity contribution < 1.29 is 24.1 Å². The summed E-state index contributed by atoms with van der Waals surface area (Å²) in [7, 11) is 3.02. The van der Waals surface area contributed by atoms with Crippen LogP contribution in [0, 0.1) is 17.0 Å². The minimum Gasteiger partial charge on any atom is -0.497 e. The molecule has 1 saturated heterocycles. The summed E-state index contributed by atoms with van der Waals surface area (Å²) in [5, 5.41) is 14.0. The molecule has 2 aromatic carbocycles. The number of piperazine rings is 1. The maximum Gasteiger partial charge on any atom is 0.311 e. The first kappa shape index (κ1) is 21.4. The lowest BCUT2D eigenvalue weighted by atomic mass is 10.1. The lowest BCUT2D eigenvalue weighted by Crippen LogP contribution is -3.15. The minimum absolute atomic E-state index is 0.117. The highest BCUT2D eigenvalue weighted by Gasteiger charge is 2.24. The van der Waals surface area contributed by atoms with Crippen LogP contribution in [0.3, 0.4) is 0 Å². The van der Waals surface area contributed by atoms with Crippen molar-refractivity contribution in [3.8, 4) is 11.5 Å². The number of carbonyl (C=O) groups excluding carboxylic acids is 1. The largest absolute Gasteiger partial charge is 0.497 e. The Morgan fingerprint density at radius 1 is 1.17 bits per heavy atom. The molecule has 9 heteroatoms. The number of methoxy groups -OCH3 is 2. The summed E-state index contributed by atoms with van der Waals surface area (Å²) in [6.07, 6.45) is 0. The van der Waals surface area contributed by atoms with Crippen molar-refractivity contribution in [3.05, 3.63) is 52.1 Å². The zero-order valence-corrected chi connectivity index (χ0v) is 17.4. The number of carbonyl (C=O) groups is 1. The van der Waals surface area contributed by atoms with E-state index in [-0.39, 0.29) is 17.3 Å². The van der Waals surface area contributed by atoms with E-state index in [1.807, 2.05) is 24.3 Å². The first-order valence-corrected chi connectivity index (χ1v) is 9.76. The van der Waals surface area contributed by atoms with Crippen molar-refractivity contribution in [2.45, 2.75) is 6.92 Å². The molecule has 0 unspecified atom stereocenters. The van der Waals surface area contributed by atoms with E-state index in [1.54, 1.807) is 14.0 Å². The van der Waals surface area contributed by atoms with E-state index in [4.69, 9.17) is 9.47 Å². The van der Waals surface area contributed by atoms with E-state index >= 15 is 0 Å². The predicted octanol–water partition coefficient (Wildman–Crippen LogP) is 1.26. The van der Waals surface area contributed by atoms with Crippen molar-refractivity contribution in [2.75, 3.05) is 57.2 Å². The molecule has 1 aliphatic heterocycles. The van der Waals surface area contributed by atoms with Gasteiger partial charge in [-0.05, 0) is 36.8 Å². The molecule has 3 rings (SSSR count). The van der Waals surface area contributed by atoms with Gasteiger partial charge in [0.1, 0.15) is 5.75 Å². The summed E-state index contributed by atoms with van der Waals surface area (Å²) in [4.78, 5) is 26.7. The van der Waals surface area contributed by atoms with Gasteiger partial charge in [-0.2, -0.15) is 0 Å². The quantitative estimate of drug-likeness (QED) is 0.522. The van der Waals surface area contributed by atoms with Gasteiger partial charge in [0.15, 0.2) is 12.3 Å². The van der Waals surface area contributed by atoms with Crippen molar-refractivity contribution >= 4 is 23.0 Å². The van der Waals surface area contributed by atoms with Gasteiger partial charge in [-0.15, -0.1) is 0 Å². The number of anilines is 2. The Bertz CT molecular complexity index is 908. The average Bonchev–Trinajstić information content (AvgIpc) is 2.75. The molecule has 160 valence electrons. The van der Waals surface area contributed by atoms with Crippen LogP contribution in [0.15, 0.2) is 36.4 Å². The fourth-order valence-corrected chi connectivity index (χ4v) is 3.59. The monoisotopic (exact) mass is 415 g/mol. The molecule has 0 aromatic heterocycles. The molecule has 2 N–H and O–H groups in total. The lowest BCUT2D eigenvalue weighted by molar-refractivity contribution is -0.892. The number of hydrogen-bond donors (Lipinski definition) is 2. The molecule has 1 heterocycles. The fourth-order valence-electron chi connectivity index (χ4n) is 3.59. The first-order chi connectivity index (χ1) is 14.4. The Morgan fingerprint density at radius 3 is 2.40 bits per heavy atom. The molecule has 9 nitrogen and oxygen atoms in total. The number of rotatable bonds is 7. The zero-order valence-electron chi connectivity index (χ0n) is 17.4. The Kier molecular flexibility index (Phi) is 6.73. The number of nitrogens with zero attached hydrogens (tertiary/aromatic N) is 2. The number of quaternary nitrogens is 1. The Hall–Kier alpha value is -3.33. The van der Waals surface area contributed by atoms with Gasteiger partial charge in [0.05, 0.1) is 45.3 Å². The zero-order chi connectivity index (χ0) is 21.7. The number of nitrogens with one attached hydrogen (secondary N) is 2. The standard InChI is InChI=1S/C21H26N4O5/c1-15-12-19(25(27)28)20(30-3)13-18(15)22-21(26)14-23-8-10-24(11-9-23)16-4-6-17(29-2)7-5-16/h4-7,12-13H,8-11,14H2,1-3H3,(H,22,26)/p+1. The maximum absolute atomic E-state index is 12.5. The normalized spacial score (nSPS) is 14.3. The second-order valence-electron chi connectivity index (χ2n) is 7.26. The van der Waals surface area contributed by atoms with Crippen molar-refractivity contribution in [2.24, 2.45) is 0 Å². The van der Waals surface area contributed by atoms with E-state index in [9.17, 15) is 14.9 Å². The minimum atomic E-state index is -0.496. The van der Waals surface area contributed by atoms with Gasteiger partial charge in [0.2, 0.25) is 0 Å². The van der Waals surface area contributed by atoms with Crippen LogP contribution in [0.4, 0.5) is 17.1 Å². The number of ether oxygens (including phenoxy) is 2. The SMILES string of the molecule is COc1ccc(N2CC[NH+](CC(=O)Nc3cc(OC)c([N+](=O)[O-])cc3C)CC2)cc1. The van der Waals surface area contributed by atoms with E-state index in [2.05, 4.69) is 10.2 Å². The summed E-state index contributed by atoms with van der Waals surface area (Å²) >= 11 is 0. The third-order valence-corrected chi connectivity index (χ3v) is 5.32. The third-order valence-electron chi connectivity index (χ3n) is 5.32. The van der Waals surface area contributed by atoms with Gasteiger partial charge < -0.3 is 24.6 Å². The maximum atomic E-state index is 12.5. The topological polar surface area (TPSA) is 98.4 Å². The summed E-state index contributed by atoms with van der Waals surface area (Å²) in [6.45, 7) is 5.49. The molecule has 1 aliphatic rings. The van der Waals surface area contributed by atoms with Gasteiger partial charge in [-0.1, -0.05) is 0 Å². The second-order valence-corrected chi connectivity index (χ2v) is 7.26. The fraction of sp³-hybridized carbons (Fsp3) is 0.381. The molecule has 30 heavy (non-hydrogen) atoms. The molecule has 0 aliphatic carbocycles. The Morgan fingerprint density at radius 2 is 1.83 bits per heavy atom. The molecule has 1 amide bonds. The molecule has 0 saturated carbocycles. The van der Waals surface area contributed by atoms with Crippen LogP contribution in [0.1, 0.15) is 5.56 Å². The van der Waals surface area contributed by atoms with Crippen molar-refractivity contribution in [1.82, 2.24) is 0 Å². The second kappa shape index (κ2) is 9.45. The number of aryl methyl sites for hydroxylation is 1. The molecule has 0 spiro atoms. The highest BCUT2D eigenvalue weighted by atomic mass is 16.6. The predicted molar refractivity (Wildman–Crippen MR) is 114 cm³/mol.